The first-order valence-electron chi connectivity index (χ1n) is 9.11. The Balaban J connectivity index is 1.74. The highest BCUT2D eigenvalue weighted by atomic mass is 79.9. The van der Waals surface area contributed by atoms with Gasteiger partial charge in [-0.1, -0.05) is 46.3 Å². The summed E-state index contributed by atoms with van der Waals surface area (Å²) in [5.74, 6) is -0.890. The summed E-state index contributed by atoms with van der Waals surface area (Å²) in [6, 6.07) is 20.8. The van der Waals surface area contributed by atoms with E-state index >= 15 is 0 Å². The SMILES string of the molecule is COC(=O)C(=[N+]=[N-])c1cc(Br)ccc1OC(=O)c1ccc(OCc2ccccc2)cc1. The molecule has 0 unspecified atom stereocenters. The van der Waals surface area contributed by atoms with E-state index < -0.39 is 17.7 Å². The Kier molecular flexibility index (Phi) is 7.32. The zero-order valence-corrected chi connectivity index (χ0v) is 18.0. The monoisotopic (exact) mass is 480 g/mol. The van der Waals surface area contributed by atoms with E-state index in [0.717, 1.165) is 12.7 Å². The number of esters is 2. The molecule has 0 spiro atoms. The quantitative estimate of drug-likeness (QED) is 0.163. The largest absolute Gasteiger partial charge is 0.489 e. The molecule has 3 aromatic rings. The average molecular weight is 481 g/mol. The average Bonchev–Trinajstić information content (AvgIpc) is 2.80. The summed E-state index contributed by atoms with van der Waals surface area (Å²) < 4.78 is 16.3. The van der Waals surface area contributed by atoms with Gasteiger partial charge in [-0.2, -0.15) is 4.79 Å². The summed E-state index contributed by atoms with van der Waals surface area (Å²) >= 11 is 3.27. The van der Waals surface area contributed by atoms with Crippen LogP contribution in [0.25, 0.3) is 5.53 Å². The third-order valence-corrected chi connectivity index (χ3v) is 4.71. The van der Waals surface area contributed by atoms with Crippen LogP contribution in [0.15, 0.2) is 77.3 Å². The predicted octanol–water partition coefficient (Wildman–Crippen LogP) is 4.44. The van der Waals surface area contributed by atoms with Gasteiger partial charge < -0.3 is 19.7 Å². The van der Waals surface area contributed by atoms with Crippen LogP contribution in [0.3, 0.4) is 0 Å². The molecule has 0 radical (unpaired) electrons. The molecule has 8 heteroatoms. The summed E-state index contributed by atoms with van der Waals surface area (Å²) in [7, 11) is 1.15. The molecule has 3 aromatic carbocycles. The molecule has 7 nitrogen and oxygen atoms in total. The number of benzene rings is 3. The van der Waals surface area contributed by atoms with Crippen LogP contribution < -0.4 is 9.47 Å². The molecule has 0 fully saturated rings. The fourth-order valence-corrected chi connectivity index (χ4v) is 3.03. The summed E-state index contributed by atoms with van der Waals surface area (Å²) in [5, 5.41) is 0. The van der Waals surface area contributed by atoms with Gasteiger partial charge in [-0.05, 0) is 48.0 Å². The van der Waals surface area contributed by atoms with Gasteiger partial charge in [0.25, 0.3) is 0 Å². The number of ether oxygens (including phenoxy) is 3. The molecule has 0 bridgehead atoms. The molecule has 0 amide bonds. The lowest BCUT2D eigenvalue weighted by Crippen LogP contribution is -2.20. The van der Waals surface area contributed by atoms with Crippen LogP contribution in [0.2, 0.25) is 0 Å². The van der Waals surface area contributed by atoms with Gasteiger partial charge >= 0.3 is 17.7 Å². The van der Waals surface area contributed by atoms with Crippen molar-refractivity contribution in [3.05, 3.63) is 99.5 Å². The lowest BCUT2D eigenvalue weighted by molar-refractivity contribution is -0.137. The minimum Gasteiger partial charge on any atom is -0.489 e. The molecule has 0 aliphatic carbocycles. The molecule has 0 saturated carbocycles. The molecule has 0 aromatic heterocycles. The van der Waals surface area contributed by atoms with Gasteiger partial charge in [0.15, 0.2) is 0 Å². The first-order chi connectivity index (χ1) is 15.0. The molecule has 3 rings (SSSR count). The smallest absolute Gasteiger partial charge is 0.422 e. The number of methoxy groups -OCH3 is 1. The number of halogens is 1. The Hall–Kier alpha value is -3.74. The third kappa shape index (κ3) is 5.66. The molecule has 156 valence electrons. The Morgan fingerprint density at radius 1 is 1.00 bits per heavy atom. The van der Waals surface area contributed by atoms with Crippen molar-refractivity contribution in [1.82, 2.24) is 0 Å². The molecule has 0 atom stereocenters. The maximum absolute atomic E-state index is 12.6. The molecular weight excluding hydrogens is 464 g/mol. The van der Waals surface area contributed by atoms with E-state index in [-0.39, 0.29) is 16.9 Å². The minimum atomic E-state index is -0.877. The zero-order valence-electron chi connectivity index (χ0n) is 16.4. The normalized spacial score (nSPS) is 10.0. The van der Waals surface area contributed by atoms with E-state index in [2.05, 4.69) is 25.5 Å². The van der Waals surface area contributed by atoms with Gasteiger partial charge in [-0.3, -0.25) is 0 Å². The van der Waals surface area contributed by atoms with Crippen molar-refractivity contribution in [1.29, 1.82) is 0 Å². The number of nitrogens with zero attached hydrogens (tertiary/aromatic N) is 2. The van der Waals surface area contributed by atoms with E-state index in [1.165, 1.54) is 12.1 Å². The van der Waals surface area contributed by atoms with Crippen LogP contribution in [0, 0.1) is 0 Å². The maximum atomic E-state index is 12.6. The standard InChI is InChI=1S/C23H17BrN2O5/c1-29-23(28)21(26-25)19-13-17(24)9-12-20(19)31-22(27)16-7-10-18(11-8-16)30-14-15-5-3-2-4-6-15/h2-13H,14H2,1H3. The molecule has 0 aliphatic heterocycles. The van der Waals surface area contributed by atoms with Crippen LogP contribution >= 0.6 is 15.9 Å². The fourth-order valence-electron chi connectivity index (χ4n) is 2.66. The number of hydrogen-bond donors (Lipinski definition) is 0. The van der Waals surface area contributed by atoms with Crippen molar-refractivity contribution in [2.24, 2.45) is 0 Å². The number of carbonyl (C=O) groups excluding carboxylic acids is 2. The molecular formula is C23H17BrN2O5. The fraction of sp³-hybridized carbons (Fsp3) is 0.0870. The maximum Gasteiger partial charge on any atom is 0.422 e. The lowest BCUT2D eigenvalue weighted by Gasteiger charge is -2.09. The third-order valence-electron chi connectivity index (χ3n) is 4.22. The summed E-state index contributed by atoms with van der Waals surface area (Å²) in [5.41, 5.74) is 10.2. The van der Waals surface area contributed by atoms with Gasteiger partial charge in [-0.15, -0.1) is 0 Å². The number of rotatable bonds is 7. The van der Waals surface area contributed by atoms with Gasteiger partial charge in [0, 0.05) is 4.47 Å². The Morgan fingerprint density at radius 3 is 2.35 bits per heavy atom. The topological polar surface area (TPSA) is 98.2 Å². The van der Waals surface area contributed by atoms with E-state index in [9.17, 15) is 15.1 Å². The Morgan fingerprint density at radius 2 is 1.71 bits per heavy atom. The van der Waals surface area contributed by atoms with E-state index in [1.54, 1.807) is 30.3 Å². The number of hydrogen-bond acceptors (Lipinski definition) is 5. The van der Waals surface area contributed by atoms with Gasteiger partial charge in [-0.25, -0.2) is 9.59 Å². The second kappa shape index (κ2) is 10.3. The first kappa shape index (κ1) is 22.0. The van der Waals surface area contributed by atoms with E-state index in [4.69, 9.17) is 9.47 Å². The lowest BCUT2D eigenvalue weighted by atomic mass is 10.1. The van der Waals surface area contributed by atoms with Crippen LogP contribution in [0.5, 0.6) is 11.5 Å². The van der Waals surface area contributed by atoms with Gasteiger partial charge in [0.05, 0.1) is 12.7 Å². The van der Waals surface area contributed by atoms with Crippen molar-refractivity contribution in [2.45, 2.75) is 6.61 Å². The highest BCUT2D eigenvalue weighted by molar-refractivity contribution is 9.10. The van der Waals surface area contributed by atoms with Crippen molar-refractivity contribution in [3.63, 3.8) is 0 Å². The van der Waals surface area contributed by atoms with E-state index in [0.29, 0.717) is 16.8 Å². The van der Waals surface area contributed by atoms with Crippen molar-refractivity contribution >= 4 is 33.6 Å². The first-order valence-corrected chi connectivity index (χ1v) is 9.90. The molecule has 0 N–H and O–H groups in total. The van der Waals surface area contributed by atoms with Crippen LogP contribution in [-0.2, 0) is 16.1 Å². The molecule has 0 saturated heterocycles. The van der Waals surface area contributed by atoms with Crippen molar-refractivity contribution in [3.8, 4) is 11.5 Å². The van der Waals surface area contributed by atoms with Crippen molar-refractivity contribution in [2.75, 3.05) is 7.11 Å². The summed E-state index contributed by atoms with van der Waals surface area (Å²) in [6.45, 7) is 0.406. The Bertz CT molecular complexity index is 1140. The van der Waals surface area contributed by atoms with Gasteiger partial charge in [0.1, 0.15) is 23.7 Å². The molecule has 31 heavy (non-hydrogen) atoms. The second-order valence-corrected chi connectivity index (χ2v) is 7.18. The van der Waals surface area contributed by atoms with Gasteiger partial charge in [0.2, 0.25) is 0 Å². The van der Waals surface area contributed by atoms with E-state index in [1.807, 2.05) is 30.3 Å². The minimum absolute atomic E-state index is 0.0378. The Labute approximate surface area is 186 Å². The van der Waals surface area contributed by atoms with Crippen LogP contribution in [0.4, 0.5) is 0 Å². The highest BCUT2D eigenvalue weighted by Crippen LogP contribution is 2.25. The molecule has 0 aliphatic rings. The molecule has 0 heterocycles. The second-order valence-electron chi connectivity index (χ2n) is 6.27. The predicted molar refractivity (Wildman–Crippen MR) is 116 cm³/mol. The number of carbonyl (C=O) groups is 2. The van der Waals surface area contributed by atoms with Crippen molar-refractivity contribution < 1.29 is 28.6 Å². The van der Waals surface area contributed by atoms with Crippen LogP contribution in [0.1, 0.15) is 21.5 Å². The summed E-state index contributed by atoms with van der Waals surface area (Å²) in [4.78, 5) is 27.5. The summed E-state index contributed by atoms with van der Waals surface area (Å²) in [6.07, 6.45) is 0. The van der Waals surface area contributed by atoms with Crippen LogP contribution in [-0.4, -0.2) is 29.5 Å². The zero-order chi connectivity index (χ0) is 22.2. The highest BCUT2D eigenvalue weighted by Gasteiger charge is 2.29.